The maximum atomic E-state index is 12.5. The highest BCUT2D eigenvalue weighted by Gasteiger charge is 2.18. The van der Waals surface area contributed by atoms with Gasteiger partial charge in [-0.25, -0.2) is 0 Å². The van der Waals surface area contributed by atoms with Crippen LogP contribution >= 0.6 is 0 Å². The number of allylic oxidation sites excluding steroid dienone is 9. The number of amides is 1. The summed E-state index contributed by atoms with van der Waals surface area (Å²) in [6.45, 7) is 4.89. The molecule has 0 radical (unpaired) electrons. The highest BCUT2D eigenvalue weighted by Crippen LogP contribution is 2.18. The predicted molar refractivity (Wildman–Crippen MR) is 356 cm³/mol. The Labute approximate surface area is 505 Å². The highest BCUT2D eigenvalue weighted by molar-refractivity contribution is 5.76. The molecule has 0 rings (SSSR count). The summed E-state index contributed by atoms with van der Waals surface area (Å²) in [6.07, 6.45) is 93.0. The summed E-state index contributed by atoms with van der Waals surface area (Å²) in [7, 11) is 0. The molecule has 0 bridgehead atoms. The van der Waals surface area contributed by atoms with E-state index < -0.39 is 12.1 Å². The molecule has 474 valence electrons. The molecule has 0 aromatic carbocycles. The van der Waals surface area contributed by atoms with Gasteiger partial charge in [-0.05, 0) is 96.3 Å². The van der Waals surface area contributed by atoms with E-state index in [-0.39, 0.29) is 18.5 Å². The molecule has 0 aliphatic carbocycles. The van der Waals surface area contributed by atoms with Crippen LogP contribution in [0.1, 0.15) is 380 Å². The van der Waals surface area contributed by atoms with Gasteiger partial charge in [0.25, 0.3) is 0 Å². The minimum absolute atomic E-state index is 0.00245. The van der Waals surface area contributed by atoms with Crippen molar-refractivity contribution in [3.8, 4) is 0 Å². The van der Waals surface area contributed by atoms with E-state index in [4.69, 9.17) is 4.74 Å². The molecule has 0 aliphatic rings. The number of aliphatic hydroxyl groups is 2. The van der Waals surface area contributed by atoms with Crippen molar-refractivity contribution in [1.82, 2.24) is 5.32 Å². The van der Waals surface area contributed by atoms with E-state index in [9.17, 15) is 19.8 Å². The number of rotatable bonds is 67. The first-order valence-corrected chi connectivity index (χ1v) is 36.1. The van der Waals surface area contributed by atoms with Gasteiger partial charge in [0.1, 0.15) is 0 Å². The monoisotopic (exact) mass is 1130 g/mol. The Hall–Kier alpha value is -2.44. The fourth-order valence-electron chi connectivity index (χ4n) is 11.0. The summed E-state index contributed by atoms with van der Waals surface area (Å²) < 4.78 is 5.48. The molecule has 0 spiro atoms. The normalized spacial score (nSPS) is 12.9. The average molecular weight is 1130 g/mol. The Balaban J connectivity index is 3.44. The van der Waals surface area contributed by atoms with Crippen molar-refractivity contribution in [2.45, 2.75) is 392 Å². The molecule has 0 saturated heterocycles. The first-order chi connectivity index (χ1) is 40.0. The summed E-state index contributed by atoms with van der Waals surface area (Å²) in [6, 6.07) is -0.631. The molecule has 3 N–H and O–H groups in total. The topological polar surface area (TPSA) is 95.9 Å². The lowest BCUT2D eigenvalue weighted by Crippen LogP contribution is -2.45. The first kappa shape index (κ1) is 78.6. The second-order valence-corrected chi connectivity index (χ2v) is 24.6. The van der Waals surface area contributed by atoms with E-state index >= 15 is 0 Å². The molecule has 6 nitrogen and oxygen atoms in total. The number of nitrogens with one attached hydrogen (secondary N) is 1. The van der Waals surface area contributed by atoms with Crippen molar-refractivity contribution < 1.29 is 24.5 Å². The zero-order valence-electron chi connectivity index (χ0n) is 54.3. The SMILES string of the molecule is CCCCC/C=C\C/C=C\CCCCCCCC(=O)OCCCCCCCCCCC/C=C\C/C=C\CCCCCCCCCCCCCCCC(=O)NC(CO)C(O)/C=C/CCCCCCCCCCCCCCCCCCCC. The lowest BCUT2D eigenvalue weighted by Gasteiger charge is -2.20. The van der Waals surface area contributed by atoms with Crippen LogP contribution in [-0.4, -0.2) is 47.4 Å². The van der Waals surface area contributed by atoms with Crippen molar-refractivity contribution in [3.63, 3.8) is 0 Å². The third-order valence-corrected chi connectivity index (χ3v) is 16.5. The lowest BCUT2D eigenvalue weighted by atomic mass is 10.0. The molecule has 0 aromatic rings. The minimum atomic E-state index is -0.847. The van der Waals surface area contributed by atoms with Gasteiger partial charge < -0.3 is 20.3 Å². The van der Waals surface area contributed by atoms with E-state index in [0.29, 0.717) is 19.4 Å². The molecule has 2 unspecified atom stereocenters. The lowest BCUT2D eigenvalue weighted by molar-refractivity contribution is -0.143. The molecular formula is C75H139NO5. The Bertz CT molecular complexity index is 1400. The van der Waals surface area contributed by atoms with E-state index in [1.165, 1.54) is 295 Å². The second-order valence-electron chi connectivity index (χ2n) is 24.6. The number of hydrogen-bond donors (Lipinski definition) is 3. The fraction of sp³-hybridized carbons (Fsp3) is 0.840. The van der Waals surface area contributed by atoms with Gasteiger partial charge in [-0.15, -0.1) is 0 Å². The van der Waals surface area contributed by atoms with Crippen LogP contribution in [0.4, 0.5) is 0 Å². The van der Waals surface area contributed by atoms with Crippen molar-refractivity contribution in [2.24, 2.45) is 0 Å². The zero-order valence-corrected chi connectivity index (χ0v) is 54.3. The molecule has 0 aromatic heterocycles. The molecule has 0 aliphatic heterocycles. The third-order valence-electron chi connectivity index (χ3n) is 16.5. The fourth-order valence-corrected chi connectivity index (χ4v) is 11.0. The van der Waals surface area contributed by atoms with E-state index in [0.717, 1.165) is 57.8 Å². The summed E-state index contributed by atoms with van der Waals surface area (Å²) in [5, 5.41) is 23.2. The van der Waals surface area contributed by atoms with Gasteiger partial charge in [-0.2, -0.15) is 0 Å². The van der Waals surface area contributed by atoms with Crippen LogP contribution in [-0.2, 0) is 14.3 Å². The van der Waals surface area contributed by atoms with Crippen LogP contribution < -0.4 is 5.32 Å². The van der Waals surface area contributed by atoms with Crippen molar-refractivity contribution >= 4 is 11.9 Å². The molecule has 2 atom stereocenters. The van der Waals surface area contributed by atoms with Gasteiger partial charge in [0, 0.05) is 12.8 Å². The van der Waals surface area contributed by atoms with E-state index in [1.807, 2.05) is 6.08 Å². The summed E-state index contributed by atoms with van der Waals surface area (Å²) in [4.78, 5) is 24.6. The number of esters is 1. The molecule has 0 heterocycles. The van der Waals surface area contributed by atoms with Crippen LogP contribution in [0, 0.1) is 0 Å². The van der Waals surface area contributed by atoms with Crippen molar-refractivity contribution in [2.75, 3.05) is 13.2 Å². The molecule has 81 heavy (non-hydrogen) atoms. The average Bonchev–Trinajstić information content (AvgIpc) is 3.47. The Kier molecular flexibility index (Phi) is 67.9. The summed E-state index contributed by atoms with van der Waals surface area (Å²) >= 11 is 0. The van der Waals surface area contributed by atoms with Gasteiger partial charge in [0.05, 0.1) is 25.4 Å². The van der Waals surface area contributed by atoms with Crippen LogP contribution in [0.25, 0.3) is 0 Å². The van der Waals surface area contributed by atoms with Crippen molar-refractivity contribution in [1.29, 1.82) is 0 Å². The van der Waals surface area contributed by atoms with Crippen LogP contribution in [0.15, 0.2) is 60.8 Å². The van der Waals surface area contributed by atoms with E-state index in [2.05, 4.69) is 67.8 Å². The maximum Gasteiger partial charge on any atom is 0.305 e. The molecule has 1 amide bonds. The maximum absolute atomic E-state index is 12.5. The van der Waals surface area contributed by atoms with Gasteiger partial charge in [0.15, 0.2) is 0 Å². The van der Waals surface area contributed by atoms with Gasteiger partial charge in [0.2, 0.25) is 5.91 Å². The quantitative estimate of drug-likeness (QED) is 0.0320. The van der Waals surface area contributed by atoms with Crippen LogP contribution in [0.2, 0.25) is 0 Å². The largest absolute Gasteiger partial charge is 0.466 e. The molecule has 6 heteroatoms. The molecular weight excluding hydrogens is 995 g/mol. The number of aliphatic hydroxyl groups excluding tert-OH is 2. The number of ether oxygens (including phenoxy) is 1. The van der Waals surface area contributed by atoms with Gasteiger partial charge in [-0.1, -0.05) is 331 Å². The Morgan fingerprint density at radius 3 is 0.963 bits per heavy atom. The Morgan fingerprint density at radius 2 is 0.617 bits per heavy atom. The van der Waals surface area contributed by atoms with Crippen LogP contribution in [0.3, 0.4) is 0 Å². The highest BCUT2D eigenvalue weighted by atomic mass is 16.5. The number of carbonyl (C=O) groups excluding carboxylic acids is 2. The second kappa shape index (κ2) is 70.0. The zero-order chi connectivity index (χ0) is 58.5. The predicted octanol–water partition coefficient (Wildman–Crippen LogP) is 23.4. The minimum Gasteiger partial charge on any atom is -0.466 e. The standard InChI is InChI=1S/C75H139NO5/c1-3-5-7-9-11-13-15-17-19-20-21-33-36-40-43-47-51-55-59-63-67-73(78)72(71-77)76-74(79)68-64-60-56-52-48-44-41-37-34-31-29-27-25-23-22-24-26-28-30-32-35-38-42-46-50-54-58-62-66-70-81-75(80)69-65-61-57-53-49-45-39-18-16-14-12-10-8-6-4-2/h12,14,18,22,24,28,30,39,63,67,72-73,77-78H,3-11,13,15-17,19-21,23,25-27,29,31-38,40-62,64-66,68-71H2,1-2H3,(H,76,79)/b14-12-,24-22-,30-28-,39-18-,67-63+. The van der Waals surface area contributed by atoms with E-state index in [1.54, 1.807) is 6.08 Å². The molecule has 0 fully saturated rings. The molecule has 0 saturated carbocycles. The number of hydrogen-bond acceptors (Lipinski definition) is 5. The van der Waals surface area contributed by atoms with Crippen LogP contribution in [0.5, 0.6) is 0 Å². The summed E-state index contributed by atoms with van der Waals surface area (Å²) in [5.41, 5.74) is 0. The van der Waals surface area contributed by atoms with Crippen molar-refractivity contribution in [3.05, 3.63) is 60.8 Å². The smallest absolute Gasteiger partial charge is 0.305 e. The number of unbranched alkanes of at least 4 members (excludes halogenated alkanes) is 48. The van der Waals surface area contributed by atoms with Gasteiger partial charge in [-0.3, -0.25) is 9.59 Å². The van der Waals surface area contributed by atoms with Gasteiger partial charge >= 0.3 is 5.97 Å². The third kappa shape index (κ3) is 66.6. The number of carbonyl (C=O) groups is 2. The Morgan fingerprint density at radius 1 is 0.346 bits per heavy atom. The summed E-state index contributed by atoms with van der Waals surface area (Å²) in [5.74, 6) is -0.0688. The first-order valence-electron chi connectivity index (χ1n) is 36.1.